The zero-order valence-corrected chi connectivity index (χ0v) is 22.0. The number of hydrogen-bond acceptors (Lipinski definition) is 9. The minimum atomic E-state index is -4.16. The van der Waals surface area contributed by atoms with Crippen LogP contribution in [0.4, 0.5) is 20.3 Å². The lowest BCUT2D eigenvalue weighted by Gasteiger charge is -2.35. The van der Waals surface area contributed by atoms with Gasteiger partial charge in [0.15, 0.2) is 10.9 Å². The summed E-state index contributed by atoms with van der Waals surface area (Å²) in [6.07, 6.45) is 3.79. The second-order valence-corrected chi connectivity index (χ2v) is 10.4. The lowest BCUT2D eigenvalue weighted by Crippen LogP contribution is -2.49. The molecule has 4 aromatic rings. The summed E-state index contributed by atoms with van der Waals surface area (Å²) in [5, 5.41) is 0.356. The zero-order valence-electron chi connectivity index (χ0n) is 21.2. The van der Waals surface area contributed by atoms with E-state index in [9.17, 15) is 22.0 Å². The van der Waals surface area contributed by atoms with E-state index in [1.807, 2.05) is 17.0 Å². The van der Waals surface area contributed by atoms with Crippen molar-refractivity contribution in [3.63, 3.8) is 0 Å². The number of sulfonamides is 1. The summed E-state index contributed by atoms with van der Waals surface area (Å²) >= 11 is 0. The predicted molar refractivity (Wildman–Crippen MR) is 143 cm³/mol. The Hall–Kier alpha value is -4.72. The summed E-state index contributed by atoms with van der Waals surface area (Å²) in [6.45, 7) is 4.56. The first-order valence-electron chi connectivity index (χ1n) is 12.0. The summed E-state index contributed by atoms with van der Waals surface area (Å²) in [5.74, 6) is -1.70. The highest BCUT2D eigenvalue weighted by atomic mass is 32.2. The molecule has 0 radical (unpaired) electrons. The molecule has 1 aliphatic rings. The largest absolute Gasteiger partial charge is 0.480 e. The summed E-state index contributed by atoms with van der Waals surface area (Å²) in [7, 11) is -2.81. The zero-order chi connectivity index (χ0) is 28.4. The predicted octanol–water partition coefficient (Wildman–Crippen LogP) is 3.17. The highest BCUT2D eigenvalue weighted by Crippen LogP contribution is 2.33. The van der Waals surface area contributed by atoms with E-state index in [2.05, 4.69) is 31.2 Å². The fraction of sp³-hybridized carbons (Fsp3) is 0.192. The number of fused-ring (bicyclic) bond motifs is 1. The first-order chi connectivity index (χ1) is 19.2. The molecule has 1 fully saturated rings. The number of nitrogens with one attached hydrogen (secondary N) is 1. The Morgan fingerprint density at radius 1 is 1.00 bits per heavy atom. The Balaban J connectivity index is 1.46. The van der Waals surface area contributed by atoms with E-state index in [4.69, 9.17) is 4.74 Å². The number of carbonyl (C=O) groups is 1. The van der Waals surface area contributed by atoms with Gasteiger partial charge in [0, 0.05) is 43.3 Å². The Kier molecular flexibility index (Phi) is 7.26. The molecule has 11 nitrogen and oxygen atoms in total. The first-order valence-corrected chi connectivity index (χ1v) is 13.5. The molecule has 14 heteroatoms. The quantitative estimate of drug-likeness (QED) is 0.335. The van der Waals surface area contributed by atoms with Crippen LogP contribution in [-0.4, -0.2) is 72.4 Å². The Bertz CT molecular complexity index is 1710. The number of benzene rings is 1. The van der Waals surface area contributed by atoms with E-state index in [-0.39, 0.29) is 16.6 Å². The first kappa shape index (κ1) is 26.9. The molecule has 0 unspecified atom stereocenters. The molecule has 0 spiro atoms. The van der Waals surface area contributed by atoms with Crippen LogP contribution in [0.15, 0.2) is 72.6 Å². The minimum absolute atomic E-state index is 0.0302. The molecule has 5 rings (SSSR count). The van der Waals surface area contributed by atoms with Gasteiger partial charge < -0.3 is 14.5 Å². The standard InChI is InChI=1S/C26H23F2N7O4S/c1-16(27)26(36)35-9-7-34(8-10-35)24-20-11-17(3-5-21(20)31-15-32-24)18-12-22(25(39-2)30-13-18)33-40(37,38)23-6-4-19(28)14-29-23/h3-6,11-15,33H,1,7-10H2,2H3. The van der Waals surface area contributed by atoms with Gasteiger partial charge in [-0.25, -0.2) is 28.7 Å². The topological polar surface area (TPSA) is 131 Å². The lowest BCUT2D eigenvalue weighted by atomic mass is 10.0. The Morgan fingerprint density at radius 2 is 1.77 bits per heavy atom. The molecule has 1 N–H and O–H groups in total. The second-order valence-electron chi connectivity index (χ2n) is 8.81. The Morgan fingerprint density at radius 3 is 2.45 bits per heavy atom. The van der Waals surface area contributed by atoms with Gasteiger partial charge in [-0.3, -0.25) is 9.52 Å². The highest BCUT2D eigenvalue weighted by Gasteiger charge is 2.25. The van der Waals surface area contributed by atoms with Crippen LogP contribution in [0.2, 0.25) is 0 Å². The van der Waals surface area contributed by atoms with Gasteiger partial charge >= 0.3 is 0 Å². The smallest absolute Gasteiger partial charge is 0.282 e. The maximum Gasteiger partial charge on any atom is 0.282 e. The van der Waals surface area contributed by atoms with Gasteiger partial charge in [0.2, 0.25) is 5.88 Å². The van der Waals surface area contributed by atoms with Gasteiger partial charge in [-0.1, -0.05) is 12.6 Å². The third-order valence-electron chi connectivity index (χ3n) is 6.31. The maximum atomic E-state index is 13.3. The van der Waals surface area contributed by atoms with Crippen LogP contribution >= 0.6 is 0 Å². The Labute approximate surface area is 228 Å². The maximum absolute atomic E-state index is 13.3. The van der Waals surface area contributed by atoms with Gasteiger partial charge in [-0.05, 0) is 35.9 Å². The molecule has 1 aliphatic heterocycles. The van der Waals surface area contributed by atoms with Crippen molar-refractivity contribution in [2.24, 2.45) is 0 Å². The molecule has 206 valence electrons. The van der Waals surface area contributed by atoms with Crippen molar-refractivity contribution >= 4 is 38.3 Å². The second kappa shape index (κ2) is 10.8. The van der Waals surface area contributed by atoms with Crippen molar-refractivity contribution in [2.75, 3.05) is 42.9 Å². The van der Waals surface area contributed by atoms with Crippen LogP contribution < -0.4 is 14.4 Å². The number of nitrogens with zero attached hydrogens (tertiary/aromatic N) is 6. The number of aromatic nitrogens is 4. The van der Waals surface area contributed by atoms with Gasteiger partial charge in [0.1, 0.15) is 23.6 Å². The van der Waals surface area contributed by atoms with E-state index >= 15 is 0 Å². The van der Waals surface area contributed by atoms with Crippen molar-refractivity contribution in [1.82, 2.24) is 24.8 Å². The molecule has 1 saturated heterocycles. The SMILES string of the molecule is C=C(F)C(=O)N1CCN(c2ncnc3ccc(-c4cnc(OC)c(NS(=O)(=O)c5ccc(F)cn5)c4)cc23)CC1. The van der Waals surface area contributed by atoms with Gasteiger partial charge in [0.05, 0.1) is 18.8 Å². The van der Waals surface area contributed by atoms with E-state index in [0.717, 1.165) is 23.7 Å². The van der Waals surface area contributed by atoms with Crippen molar-refractivity contribution in [2.45, 2.75) is 5.03 Å². The normalized spacial score (nSPS) is 13.8. The molecular weight excluding hydrogens is 544 g/mol. The number of halogens is 2. The van der Waals surface area contributed by atoms with Crippen LogP contribution in [0.25, 0.3) is 22.0 Å². The van der Waals surface area contributed by atoms with Crippen LogP contribution in [0.1, 0.15) is 0 Å². The minimum Gasteiger partial charge on any atom is -0.480 e. The summed E-state index contributed by atoms with van der Waals surface area (Å²) in [4.78, 5) is 32.0. The molecule has 0 atom stereocenters. The number of amides is 1. The van der Waals surface area contributed by atoms with Crippen molar-refractivity contribution in [1.29, 1.82) is 0 Å². The number of hydrogen-bond donors (Lipinski definition) is 1. The number of ether oxygens (including phenoxy) is 1. The molecular formula is C26H23F2N7O4S. The number of anilines is 2. The molecule has 1 aromatic carbocycles. The number of rotatable bonds is 7. The molecule has 40 heavy (non-hydrogen) atoms. The number of methoxy groups -OCH3 is 1. The molecule has 0 aliphatic carbocycles. The average molecular weight is 568 g/mol. The number of pyridine rings is 2. The fourth-order valence-corrected chi connectivity index (χ4v) is 5.31. The van der Waals surface area contributed by atoms with E-state index in [0.29, 0.717) is 48.6 Å². The fourth-order valence-electron chi connectivity index (χ4n) is 4.33. The van der Waals surface area contributed by atoms with Crippen LogP contribution in [-0.2, 0) is 14.8 Å². The molecule has 1 amide bonds. The molecule has 3 aromatic heterocycles. The van der Waals surface area contributed by atoms with Crippen LogP contribution in [0.3, 0.4) is 0 Å². The van der Waals surface area contributed by atoms with E-state index in [1.165, 1.54) is 24.5 Å². The molecule has 4 heterocycles. The summed E-state index contributed by atoms with van der Waals surface area (Å²) < 4.78 is 59.9. The molecule has 0 saturated carbocycles. The van der Waals surface area contributed by atoms with Crippen LogP contribution in [0.5, 0.6) is 5.88 Å². The summed E-state index contributed by atoms with van der Waals surface area (Å²) in [6, 6.07) is 9.08. The average Bonchev–Trinajstić information content (AvgIpc) is 2.96. The van der Waals surface area contributed by atoms with Gasteiger partial charge in [0.25, 0.3) is 15.9 Å². The summed E-state index contributed by atoms with van der Waals surface area (Å²) in [5.41, 5.74) is 2.00. The highest BCUT2D eigenvalue weighted by molar-refractivity contribution is 7.92. The third kappa shape index (κ3) is 5.38. The van der Waals surface area contributed by atoms with E-state index < -0.39 is 27.6 Å². The third-order valence-corrected chi connectivity index (χ3v) is 7.59. The monoisotopic (exact) mass is 567 g/mol. The van der Waals surface area contributed by atoms with Crippen molar-refractivity contribution in [3.8, 4) is 17.0 Å². The number of piperazine rings is 1. The van der Waals surface area contributed by atoms with Crippen molar-refractivity contribution < 1.29 is 26.7 Å². The number of carbonyl (C=O) groups excluding carboxylic acids is 1. The van der Waals surface area contributed by atoms with Gasteiger partial charge in [-0.2, -0.15) is 8.42 Å². The van der Waals surface area contributed by atoms with E-state index in [1.54, 1.807) is 12.1 Å². The lowest BCUT2D eigenvalue weighted by molar-refractivity contribution is -0.128. The van der Waals surface area contributed by atoms with Gasteiger partial charge in [-0.15, -0.1) is 0 Å². The molecule has 0 bridgehead atoms. The van der Waals surface area contributed by atoms with Crippen molar-refractivity contribution in [3.05, 3.63) is 73.3 Å². The van der Waals surface area contributed by atoms with Crippen LogP contribution in [0, 0.1) is 5.82 Å².